The number of benzene rings is 1. The molecule has 1 aliphatic heterocycles. The molecule has 0 bridgehead atoms. The van der Waals surface area contributed by atoms with E-state index >= 15 is 0 Å². The summed E-state index contributed by atoms with van der Waals surface area (Å²) in [6, 6.07) is 11.1. The quantitative estimate of drug-likeness (QED) is 0.839. The minimum atomic E-state index is -3.65. The number of aromatic nitrogens is 1. The second kappa shape index (κ2) is 6.82. The lowest BCUT2D eigenvalue weighted by Gasteiger charge is -2.17. The summed E-state index contributed by atoms with van der Waals surface area (Å²) < 4.78 is 32.3. The van der Waals surface area contributed by atoms with Gasteiger partial charge in [-0.25, -0.2) is 8.42 Å². The molecule has 1 saturated heterocycles. The van der Waals surface area contributed by atoms with Crippen LogP contribution in [0.2, 0.25) is 0 Å². The molecule has 1 unspecified atom stereocenters. The van der Waals surface area contributed by atoms with Crippen LogP contribution in [0.4, 0.5) is 0 Å². The molecule has 0 radical (unpaired) electrons. The lowest BCUT2D eigenvalue weighted by Crippen LogP contribution is -2.29. The van der Waals surface area contributed by atoms with Crippen molar-refractivity contribution in [1.82, 2.24) is 9.29 Å². The normalized spacial score (nSPS) is 18.0. The van der Waals surface area contributed by atoms with Crippen LogP contribution >= 0.6 is 0 Å². The lowest BCUT2D eigenvalue weighted by atomic mass is 9.99. The molecule has 0 amide bonds. The van der Waals surface area contributed by atoms with Crippen LogP contribution in [-0.4, -0.2) is 37.9 Å². The van der Waals surface area contributed by atoms with Crippen LogP contribution in [-0.2, 0) is 10.0 Å². The number of pyridine rings is 1. The highest BCUT2D eigenvalue weighted by Gasteiger charge is 2.33. The number of hydrogen-bond donors (Lipinski definition) is 0. The van der Waals surface area contributed by atoms with Gasteiger partial charge in [0.25, 0.3) is 0 Å². The minimum Gasteiger partial charge on any atom is -0.497 e. The molecule has 0 aliphatic carbocycles. The Morgan fingerprint density at radius 2 is 2.04 bits per heavy atom. The topological polar surface area (TPSA) is 83.3 Å². The van der Waals surface area contributed by atoms with Crippen molar-refractivity contribution in [3.8, 4) is 11.8 Å². The highest BCUT2D eigenvalue weighted by Crippen LogP contribution is 2.32. The zero-order chi connectivity index (χ0) is 18.0. The van der Waals surface area contributed by atoms with Crippen molar-refractivity contribution in [2.24, 2.45) is 0 Å². The fourth-order valence-electron chi connectivity index (χ4n) is 3.01. The van der Waals surface area contributed by atoms with Gasteiger partial charge < -0.3 is 4.74 Å². The Hall–Kier alpha value is -2.43. The zero-order valence-corrected chi connectivity index (χ0v) is 15.0. The molecule has 0 saturated carbocycles. The third-order valence-corrected chi connectivity index (χ3v) is 6.39. The molecule has 1 aromatic heterocycles. The Morgan fingerprint density at radius 3 is 2.68 bits per heavy atom. The number of nitrogens with zero attached hydrogens (tertiary/aromatic N) is 3. The van der Waals surface area contributed by atoms with Gasteiger partial charge in [0.1, 0.15) is 16.7 Å². The summed E-state index contributed by atoms with van der Waals surface area (Å²) in [5.41, 5.74) is 1.91. The summed E-state index contributed by atoms with van der Waals surface area (Å²) in [7, 11) is -2.03. The standard InChI is InChI=1S/C18H19N3O3S/c1-13-16(10-19)9-18(11-20-13)25(22,23)21-8-7-15(12-21)14-3-5-17(24-2)6-4-14/h3-6,9,11,15H,7-8,12H2,1-2H3. The van der Waals surface area contributed by atoms with Gasteiger partial charge in [0.2, 0.25) is 10.0 Å². The molecule has 1 atom stereocenters. The Morgan fingerprint density at radius 1 is 1.32 bits per heavy atom. The van der Waals surface area contributed by atoms with E-state index < -0.39 is 10.0 Å². The highest BCUT2D eigenvalue weighted by atomic mass is 32.2. The van der Waals surface area contributed by atoms with Crippen molar-refractivity contribution >= 4 is 10.0 Å². The van der Waals surface area contributed by atoms with E-state index in [0.717, 1.165) is 17.7 Å². The van der Waals surface area contributed by atoms with Gasteiger partial charge in [-0.2, -0.15) is 9.57 Å². The Kier molecular flexibility index (Phi) is 4.75. The summed E-state index contributed by atoms with van der Waals surface area (Å²) in [5.74, 6) is 0.926. The monoisotopic (exact) mass is 357 g/mol. The van der Waals surface area contributed by atoms with E-state index in [0.29, 0.717) is 18.8 Å². The van der Waals surface area contributed by atoms with E-state index in [1.54, 1.807) is 14.0 Å². The first kappa shape index (κ1) is 17.4. The number of ether oxygens (including phenoxy) is 1. The number of hydrogen-bond acceptors (Lipinski definition) is 5. The van der Waals surface area contributed by atoms with Gasteiger partial charge in [0.15, 0.2) is 0 Å². The Bertz CT molecular complexity index is 918. The molecular formula is C18H19N3O3S. The van der Waals surface area contributed by atoms with Crippen LogP contribution in [0.25, 0.3) is 0 Å². The number of nitriles is 1. The third kappa shape index (κ3) is 3.36. The van der Waals surface area contributed by atoms with E-state index in [4.69, 9.17) is 10.00 Å². The minimum absolute atomic E-state index is 0.0741. The van der Waals surface area contributed by atoms with Gasteiger partial charge in [-0.1, -0.05) is 12.1 Å². The molecule has 25 heavy (non-hydrogen) atoms. The molecule has 130 valence electrons. The predicted octanol–water partition coefficient (Wildman–Crippen LogP) is 2.45. The summed E-state index contributed by atoms with van der Waals surface area (Å²) >= 11 is 0. The average molecular weight is 357 g/mol. The summed E-state index contributed by atoms with van der Waals surface area (Å²) in [6.45, 7) is 2.56. The maximum absolute atomic E-state index is 12.8. The third-order valence-electron chi connectivity index (χ3n) is 4.56. The van der Waals surface area contributed by atoms with Gasteiger partial charge >= 0.3 is 0 Å². The summed E-state index contributed by atoms with van der Waals surface area (Å²) in [5, 5.41) is 9.10. The van der Waals surface area contributed by atoms with Crippen LogP contribution in [0, 0.1) is 18.3 Å². The maximum atomic E-state index is 12.8. The summed E-state index contributed by atoms with van der Waals surface area (Å²) in [4.78, 5) is 4.12. The molecule has 1 fully saturated rings. The molecule has 2 aromatic rings. The van der Waals surface area contributed by atoms with Gasteiger partial charge in [-0.3, -0.25) is 4.98 Å². The van der Waals surface area contributed by atoms with E-state index in [2.05, 4.69) is 4.98 Å². The fraction of sp³-hybridized carbons (Fsp3) is 0.333. The second-order valence-corrected chi connectivity index (χ2v) is 7.98. The van der Waals surface area contributed by atoms with Crippen molar-refractivity contribution < 1.29 is 13.2 Å². The van der Waals surface area contributed by atoms with Gasteiger partial charge in [-0.05, 0) is 43.0 Å². The number of sulfonamides is 1. The first-order valence-corrected chi connectivity index (χ1v) is 9.40. The Labute approximate surface area is 147 Å². The van der Waals surface area contributed by atoms with Gasteiger partial charge in [0, 0.05) is 19.3 Å². The molecule has 2 heterocycles. The van der Waals surface area contributed by atoms with Gasteiger partial charge in [-0.15, -0.1) is 0 Å². The van der Waals surface area contributed by atoms with Crippen molar-refractivity contribution in [2.75, 3.05) is 20.2 Å². The van der Waals surface area contributed by atoms with Crippen LogP contribution < -0.4 is 4.74 Å². The largest absolute Gasteiger partial charge is 0.497 e. The highest BCUT2D eigenvalue weighted by molar-refractivity contribution is 7.89. The predicted molar refractivity (Wildman–Crippen MR) is 92.8 cm³/mol. The molecule has 3 rings (SSSR count). The van der Waals surface area contributed by atoms with Crippen LogP contribution in [0.3, 0.4) is 0 Å². The number of aryl methyl sites for hydroxylation is 1. The van der Waals surface area contributed by atoms with Crippen LogP contribution in [0.1, 0.15) is 29.2 Å². The molecular weight excluding hydrogens is 338 g/mol. The molecule has 7 heteroatoms. The Balaban J connectivity index is 1.81. The van der Waals surface area contributed by atoms with Crippen molar-refractivity contribution in [1.29, 1.82) is 5.26 Å². The van der Waals surface area contributed by atoms with E-state index in [1.165, 1.54) is 16.6 Å². The van der Waals surface area contributed by atoms with Crippen LogP contribution in [0.15, 0.2) is 41.4 Å². The molecule has 0 spiro atoms. The van der Waals surface area contributed by atoms with Crippen molar-refractivity contribution in [2.45, 2.75) is 24.2 Å². The lowest BCUT2D eigenvalue weighted by molar-refractivity contribution is 0.414. The van der Waals surface area contributed by atoms with Crippen molar-refractivity contribution in [3.63, 3.8) is 0 Å². The first-order valence-electron chi connectivity index (χ1n) is 7.96. The van der Waals surface area contributed by atoms with Crippen molar-refractivity contribution in [3.05, 3.63) is 53.3 Å². The van der Waals surface area contributed by atoms with E-state index in [9.17, 15) is 8.42 Å². The molecule has 6 nitrogen and oxygen atoms in total. The van der Waals surface area contributed by atoms with Crippen LogP contribution in [0.5, 0.6) is 5.75 Å². The number of methoxy groups -OCH3 is 1. The molecule has 1 aromatic carbocycles. The SMILES string of the molecule is COc1ccc(C2CCN(S(=O)(=O)c3cnc(C)c(C#N)c3)C2)cc1. The molecule has 1 aliphatic rings. The number of rotatable bonds is 4. The smallest absolute Gasteiger partial charge is 0.244 e. The van der Waals surface area contributed by atoms with E-state index in [-0.39, 0.29) is 16.4 Å². The first-order chi connectivity index (χ1) is 12.0. The average Bonchev–Trinajstić information content (AvgIpc) is 3.13. The second-order valence-electron chi connectivity index (χ2n) is 6.04. The van der Waals surface area contributed by atoms with Gasteiger partial charge in [0.05, 0.1) is 18.4 Å². The zero-order valence-electron chi connectivity index (χ0n) is 14.1. The fourth-order valence-corrected chi connectivity index (χ4v) is 4.48. The maximum Gasteiger partial charge on any atom is 0.244 e. The van der Waals surface area contributed by atoms with E-state index in [1.807, 2.05) is 30.3 Å². The molecule has 0 N–H and O–H groups in total. The summed E-state index contributed by atoms with van der Waals surface area (Å²) in [6.07, 6.45) is 2.09.